The molecular weight excluding hydrogens is 353 g/mol. The highest BCUT2D eigenvalue weighted by Gasteiger charge is 2.19. The van der Waals surface area contributed by atoms with Crippen LogP contribution in [0.3, 0.4) is 0 Å². The number of ether oxygens (including phenoxy) is 3. The zero-order valence-electron chi connectivity index (χ0n) is 13.5. The van der Waals surface area contributed by atoms with E-state index in [1.54, 1.807) is 6.07 Å². The minimum Gasteiger partial charge on any atom is -0.495 e. The number of hydrogen-bond acceptors (Lipinski definition) is 6. The van der Waals surface area contributed by atoms with Gasteiger partial charge in [0.05, 0.1) is 19.8 Å². The smallest absolute Gasteiger partial charge is 0.338 e. The molecule has 0 aliphatic carbocycles. The number of benzene rings is 2. The first-order chi connectivity index (χ1) is 11.8. The fourth-order valence-corrected chi connectivity index (χ4v) is 2.78. The van der Waals surface area contributed by atoms with E-state index < -0.39 is 21.8 Å². The summed E-state index contributed by atoms with van der Waals surface area (Å²) in [4.78, 5) is 11.8. The van der Waals surface area contributed by atoms with Crippen molar-refractivity contribution < 1.29 is 31.8 Å². The van der Waals surface area contributed by atoms with Crippen LogP contribution in [0.15, 0.2) is 41.3 Å². The van der Waals surface area contributed by atoms with E-state index in [9.17, 15) is 17.6 Å². The molecule has 2 rings (SSSR count). The Kier molecular flexibility index (Phi) is 5.60. The second-order valence-corrected chi connectivity index (χ2v) is 6.49. The topological polar surface area (TPSA) is 105 Å². The Morgan fingerprint density at radius 3 is 2.28 bits per heavy atom. The van der Waals surface area contributed by atoms with Gasteiger partial charge in [0.2, 0.25) is 10.0 Å². The fourth-order valence-electron chi connectivity index (χ4n) is 2.06. The van der Waals surface area contributed by atoms with E-state index in [-0.39, 0.29) is 28.6 Å². The van der Waals surface area contributed by atoms with Crippen LogP contribution in [0.2, 0.25) is 0 Å². The lowest BCUT2D eigenvalue weighted by molar-refractivity contribution is 0.0472. The van der Waals surface area contributed by atoms with Crippen LogP contribution in [-0.4, -0.2) is 28.6 Å². The van der Waals surface area contributed by atoms with Crippen molar-refractivity contribution in [2.45, 2.75) is 11.5 Å². The third-order valence-electron chi connectivity index (χ3n) is 3.29. The molecule has 0 spiro atoms. The summed E-state index contributed by atoms with van der Waals surface area (Å²) in [7, 11) is -1.46. The number of carbonyl (C=O) groups excluding carboxylic acids is 1. The molecule has 0 unspecified atom stereocenters. The molecular formula is C16H16FNO6S. The van der Waals surface area contributed by atoms with Crippen molar-refractivity contribution >= 4 is 16.0 Å². The number of methoxy groups -OCH3 is 2. The zero-order chi connectivity index (χ0) is 18.6. The molecule has 9 heteroatoms. The molecule has 7 nitrogen and oxygen atoms in total. The molecule has 2 aromatic rings. The lowest BCUT2D eigenvalue weighted by atomic mass is 10.2. The summed E-state index contributed by atoms with van der Waals surface area (Å²) in [5.41, 5.74) is 0.380. The van der Waals surface area contributed by atoms with Gasteiger partial charge in [0.25, 0.3) is 0 Å². The molecule has 0 aromatic heterocycles. The molecule has 0 bridgehead atoms. The second-order valence-electron chi connectivity index (χ2n) is 4.96. The van der Waals surface area contributed by atoms with Crippen molar-refractivity contribution in [3.63, 3.8) is 0 Å². The Hall–Kier alpha value is -2.65. The van der Waals surface area contributed by atoms with E-state index in [0.717, 1.165) is 6.07 Å². The summed E-state index contributed by atoms with van der Waals surface area (Å²) in [5, 5.41) is 5.10. The Labute approximate surface area is 144 Å². The highest BCUT2D eigenvalue weighted by Crippen LogP contribution is 2.24. The maximum Gasteiger partial charge on any atom is 0.338 e. The predicted octanol–water partition coefficient (Wildman–Crippen LogP) is 1.85. The minimum absolute atomic E-state index is 0.0104. The molecule has 0 radical (unpaired) electrons. The standard InChI is InChI=1S/C16H16FNO6S/c1-22-13-5-3-10(7-12(13)17)9-24-16(19)11-4-6-14(23-2)15(8-11)25(18,20)21/h3-8H,9H2,1-2H3,(H2,18,20,21). The molecule has 0 amide bonds. The zero-order valence-corrected chi connectivity index (χ0v) is 14.3. The molecule has 25 heavy (non-hydrogen) atoms. The van der Waals surface area contributed by atoms with Crippen LogP contribution >= 0.6 is 0 Å². The van der Waals surface area contributed by atoms with Crippen molar-refractivity contribution in [2.24, 2.45) is 5.14 Å². The van der Waals surface area contributed by atoms with Crippen LogP contribution in [0.5, 0.6) is 11.5 Å². The molecule has 0 aliphatic rings. The van der Waals surface area contributed by atoms with Crippen LogP contribution in [0.1, 0.15) is 15.9 Å². The molecule has 2 N–H and O–H groups in total. The van der Waals surface area contributed by atoms with Crippen LogP contribution in [0.25, 0.3) is 0 Å². The SMILES string of the molecule is COc1ccc(COC(=O)c2ccc(OC)c(S(N)(=O)=O)c2)cc1F. The van der Waals surface area contributed by atoms with Gasteiger partial charge in [-0.2, -0.15) is 0 Å². The number of hydrogen-bond donors (Lipinski definition) is 1. The summed E-state index contributed by atoms with van der Waals surface area (Å²) < 4.78 is 51.5. The third-order valence-corrected chi connectivity index (χ3v) is 4.22. The van der Waals surface area contributed by atoms with Gasteiger partial charge in [0.15, 0.2) is 11.6 Å². The van der Waals surface area contributed by atoms with Crippen molar-refractivity contribution in [2.75, 3.05) is 14.2 Å². The quantitative estimate of drug-likeness (QED) is 0.779. The summed E-state index contributed by atoms with van der Waals surface area (Å²) in [5.74, 6) is -1.29. The van der Waals surface area contributed by atoms with Gasteiger partial charge in [-0.25, -0.2) is 22.7 Å². The second kappa shape index (κ2) is 7.49. The summed E-state index contributed by atoms with van der Waals surface area (Å²) in [6, 6.07) is 7.82. The molecule has 0 aliphatic heterocycles. The van der Waals surface area contributed by atoms with E-state index in [4.69, 9.17) is 19.3 Å². The Balaban J connectivity index is 2.17. The molecule has 0 atom stereocenters. The molecule has 0 saturated heterocycles. The van der Waals surface area contributed by atoms with Crippen LogP contribution < -0.4 is 14.6 Å². The first-order valence-electron chi connectivity index (χ1n) is 6.96. The minimum atomic E-state index is -4.08. The lowest BCUT2D eigenvalue weighted by Crippen LogP contribution is -2.15. The van der Waals surface area contributed by atoms with Gasteiger partial charge in [0.1, 0.15) is 17.3 Å². The van der Waals surface area contributed by atoms with E-state index in [1.807, 2.05) is 0 Å². The van der Waals surface area contributed by atoms with Crippen molar-refractivity contribution in [1.29, 1.82) is 0 Å². The number of carbonyl (C=O) groups is 1. The van der Waals surface area contributed by atoms with E-state index >= 15 is 0 Å². The van der Waals surface area contributed by atoms with E-state index in [2.05, 4.69) is 0 Å². The number of primary sulfonamides is 1. The largest absolute Gasteiger partial charge is 0.495 e. The molecule has 134 valence electrons. The lowest BCUT2D eigenvalue weighted by Gasteiger charge is -2.10. The molecule has 0 saturated carbocycles. The van der Waals surface area contributed by atoms with Gasteiger partial charge >= 0.3 is 5.97 Å². The maximum absolute atomic E-state index is 13.6. The van der Waals surface area contributed by atoms with Gasteiger partial charge in [-0.15, -0.1) is 0 Å². The van der Waals surface area contributed by atoms with Crippen molar-refractivity contribution in [3.8, 4) is 11.5 Å². The molecule has 0 fully saturated rings. The number of rotatable bonds is 6. The van der Waals surface area contributed by atoms with E-state index in [1.165, 1.54) is 38.5 Å². The van der Waals surface area contributed by atoms with Crippen LogP contribution in [0.4, 0.5) is 4.39 Å². The number of sulfonamides is 1. The van der Waals surface area contributed by atoms with Gasteiger partial charge in [-0.1, -0.05) is 6.07 Å². The number of nitrogens with two attached hydrogens (primary N) is 1. The fraction of sp³-hybridized carbons (Fsp3) is 0.188. The van der Waals surface area contributed by atoms with Crippen LogP contribution in [0, 0.1) is 5.82 Å². The Morgan fingerprint density at radius 2 is 1.72 bits per heavy atom. The highest BCUT2D eigenvalue weighted by atomic mass is 32.2. The first kappa shape index (κ1) is 18.7. The summed E-state index contributed by atoms with van der Waals surface area (Å²) >= 11 is 0. The monoisotopic (exact) mass is 369 g/mol. The van der Waals surface area contributed by atoms with Crippen LogP contribution in [-0.2, 0) is 21.4 Å². The average Bonchev–Trinajstić information content (AvgIpc) is 2.58. The first-order valence-corrected chi connectivity index (χ1v) is 8.51. The normalized spacial score (nSPS) is 11.0. The molecule has 0 heterocycles. The van der Waals surface area contributed by atoms with Crippen molar-refractivity contribution in [1.82, 2.24) is 0 Å². The Morgan fingerprint density at radius 1 is 1.08 bits per heavy atom. The molecule has 2 aromatic carbocycles. The van der Waals surface area contributed by atoms with E-state index in [0.29, 0.717) is 5.56 Å². The van der Waals surface area contributed by atoms with Gasteiger partial charge in [-0.3, -0.25) is 0 Å². The maximum atomic E-state index is 13.6. The van der Waals surface area contributed by atoms with Gasteiger partial charge in [-0.05, 0) is 35.9 Å². The number of halogens is 1. The highest BCUT2D eigenvalue weighted by molar-refractivity contribution is 7.89. The third kappa shape index (κ3) is 4.46. The summed E-state index contributed by atoms with van der Waals surface area (Å²) in [6.45, 7) is -0.198. The summed E-state index contributed by atoms with van der Waals surface area (Å²) in [6.07, 6.45) is 0. The number of esters is 1. The van der Waals surface area contributed by atoms with Gasteiger partial charge < -0.3 is 14.2 Å². The van der Waals surface area contributed by atoms with Crippen molar-refractivity contribution in [3.05, 3.63) is 53.3 Å². The average molecular weight is 369 g/mol. The van der Waals surface area contributed by atoms with Gasteiger partial charge in [0, 0.05) is 0 Å². The Bertz CT molecular complexity index is 897. The predicted molar refractivity (Wildman–Crippen MR) is 86.4 cm³/mol.